The summed E-state index contributed by atoms with van der Waals surface area (Å²) >= 11 is -1.72. The molecule has 0 unspecified atom stereocenters. The minimum absolute atomic E-state index is 0.320. The number of hydrogen-bond donors (Lipinski definition) is 0. The van der Waals surface area contributed by atoms with E-state index in [0.717, 1.165) is 4.62 Å². The van der Waals surface area contributed by atoms with Crippen LogP contribution in [0.4, 0.5) is 0 Å². The second-order valence-electron chi connectivity index (χ2n) is 5.11. The summed E-state index contributed by atoms with van der Waals surface area (Å²) in [6.45, 7) is 6.48. The molecule has 78 valence electrons. The van der Waals surface area contributed by atoms with Gasteiger partial charge in [0.05, 0.1) is 0 Å². The predicted molar refractivity (Wildman–Crippen MR) is 62.7 cm³/mol. The summed E-state index contributed by atoms with van der Waals surface area (Å²) < 4.78 is 6.94. The number of rotatable bonds is 5. The van der Waals surface area contributed by atoms with Gasteiger partial charge in [-0.1, -0.05) is 0 Å². The van der Waals surface area contributed by atoms with Gasteiger partial charge in [-0.15, -0.1) is 0 Å². The van der Waals surface area contributed by atoms with Gasteiger partial charge in [0.2, 0.25) is 0 Å². The molecule has 0 heterocycles. The topological polar surface area (TPSA) is 9.23 Å². The molecule has 0 spiro atoms. The van der Waals surface area contributed by atoms with Gasteiger partial charge >= 0.3 is 87.5 Å². The third kappa shape index (κ3) is 7.56. The van der Waals surface area contributed by atoms with Gasteiger partial charge in [-0.3, -0.25) is 0 Å². The number of ether oxygens (including phenoxy) is 1. The molecular weight excluding hydrogens is 267 g/mol. The van der Waals surface area contributed by atoms with Crippen LogP contribution in [0, 0.1) is 5.92 Å². The Morgan fingerprint density at radius 2 is 1.77 bits per heavy atom. The quantitative estimate of drug-likeness (QED) is 0.556. The Bertz CT molecular complexity index is 156. The fraction of sp³-hybridized carbons (Fsp3) is 0.818. The van der Waals surface area contributed by atoms with Crippen LogP contribution in [0.25, 0.3) is 0 Å². The van der Waals surface area contributed by atoms with Crippen LogP contribution in [-0.4, -0.2) is 29.1 Å². The molecule has 0 aliphatic heterocycles. The summed E-state index contributed by atoms with van der Waals surface area (Å²) in [6, 6.07) is 0. The molecule has 0 bridgehead atoms. The molecule has 2 heteroatoms. The number of hydrogen-bond acceptors (Lipinski definition) is 1. The Labute approximate surface area is 87.4 Å². The Hall–Kier alpha value is 0.499. The van der Waals surface area contributed by atoms with E-state index < -0.39 is 18.4 Å². The molecular formula is C11H24OSn. The van der Waals surface area contributed by atoms with Crippen LogP contribution in [0.15, 0.2) is 12.2 Å². The van der Waals surface area contributed by atoms with Crippen molar-refractivity contribution in [1.29, 1.82) is 0 Å². The zero-order valence-corrected chi connectivity index (χ0v) is 12.8. The molecule has 0 aliphatic carbocycles. The zero-order valence-electron chi connectivity index (χ0n) is 9.92. The van der Waals surface area contributed by atoms with Crippen LogP contribution in [0.1, 0.15) is 20.8 Å². The summed E-state index contributed by atoms with van der Waals surface area (Å²) in [7, 11) is 0. The molecule has 0 saturated carbocycles. The van der Waals surface area contributed by atoms with Crippen LogP contribution < -0.4 is 0 Å². The minimum atomic E-state index is -1.72. The van der Waals surface area contributed by atoms with Gasteiger partial charge in [-0.2, -0.15) is 0 Å². The summed E-state index contributed by atoms with van der Waals surface area (Å²) in [6.07, 6.45) is 4.58. The van der Waals surface area contributed by atoms with Crippen LogP contribution in [0.2, 0.25) is 14.8 Å². The zero-order chi connectivity index (χ0) is 10.5. The molecule has 0 fully saturated rings. The van der Waals surface area contributed by atoms with Gasteiger partial charge in [-0.25, -0.2) is 0 Å². The van der Waals surface area contributed by atoms with Crippen molar-refractivity contribution in [2.75, 3.05) is 4.62 Å². The van der Waals surface area contributed by atoms with Crippen molar-refractivity contribution >= 4 is 18.4 Å². The molecule has 0 N–H and O–H groups in total. The molecule has 0 aliphatic rings. The molecule has 1 nitrogen and oxygen atoms in total. The van der Waals surface area contributed by atoms with Crippen molar-refractivity contribution in [2.45, 2.75) is 41.7 Å². The SMILES string of the molecule is C/C=C/[C@H](O[CH2][Sn]([CH3])([CH3])[CH3])C(C)C. The predicted octanol–water partition coefficient (Wildman–Crippen LogP) is 3.48. The first kappa shape index (κ1) is 13.5. The van der Waals surface area contributed by atoms with Crippen LogP contribution in [0.5, 0.6) is 0 Å². The third-order valence-electron chi connectivity index (χ3n) is 1.75. The van der Waals surface area contributed by atoms with Crippen molar-refractivity contribution in [3.05, 3.63) is 12.2 Å². The van der Waals surface area contributed by atoms with E-state index in [-0.39, 0.29) is 0 Å². The standard InChI is InChI=1S/C8H15O.3CH3.Sn/c1-5-6-8(9-4)7(2)3;;;;/h5-8H,4H2,1-3H3;3*1H3;/b6-5+;;;;/t8-;;;;/m0..../s1. The van der Waals surface area contributed by atoms with Crippen LogP contribution in [0.3, 0.4) is 0 Å². The van der Waals surface area contributed by atoms with Crippen LogP contribution in [-0.2, 0) is 4.74 Å². The van der Waals surface area contributed by atoms with Crippen LogP contribution >= 0.6 is 0 Å². The van der Waals surface area contributed by atoms with E-state index in [1.54, 1.807) is 0 Å². The molecule has 0 aromatic carbocycles. The van der Waals surface area contributed by atoms with E-state index in [1.807, 2.05) is 0 Å². The van der Waals surface area contributed by atoms with Gasteiger partial charge < -0.3 is 0 Å². The van der Waals surface area contributed by atoms with E-state index in [9.17, 15) is 0 Å². The van der Waals surface area contributed by atoms with Gasteiger partial charge in [0.15, 0.2) is 0 Å². The maximum absolute atomic E-state index is 5.91. The van der Waals surface area contributed by atoms with Gasteiger partial charge in [0, 0.05) is 0 Å². The molecule has 0 saturated heterocycles. The van der Waals surface area contributed by atoms with Crippen molar-refractivity contribution in [3.8, 4) is 0 Å². The Kier molecular flexibility index (Phi) is 6.30. The summed E-state index contributed by atoms with van der Waals surface area (Å²) in [5.41, 5.74) is 0. The fourth-order valence-corrected chi connectivity index (χ4v) is 2.98. The second-order valence-corrected chi connectivity index (χ2v) is 20.5. The molecule has 0 rings (SSSR count). The summed E-state index contributed by atoms with van der Waals surface area (Å²) in [4.78, 5) is 7.21. The van der Waals surface area contributed by atoms with E-state index in [2.05, 4.69) is 47.7 Å². The van der Waals surface area contributed by atoms with Gasteiger partial charge in [0.1, 0.15) is 0 Å². The average Bonchev–Trinajstić information content (AvgIpc) is 1.95. The normalized spacial score (nSPS) is 15.6. The Morgan fingerprint density at radius 3 is 2.08 bits per heavy atom. The van der Waals surface area contributed by atoms with Crippen molar-refractivity contribution in [3.63, 3.8) is 0 Å². The van der Waals surface area contributed by atoms with E-state index in [4.69, 9.17) is 4.74 Å². The van der Waals surface area contributed by atoms with E-state index in [0.29, 0.717) is 12.0 Å². The van der Waals surface area contributed by atoms with Crippen molar-refractivity contribution in [2.24, 2.45) is 5.92 Å². The Balaban J connectivity index is 3.97. The second kappa shape index (κ2) is 6.07. The van der Waals surface area contributed by atoms with Gasteiger partial charge in [-0.05, 0) is 0 Å². The number of allylic oxidation sites excluding steroid dienone is 1. The van der Waals surface area contributed by atoms with Crippen molar-refractivity contribution in [1.82, 2.24) is 0 Å². The molecule has 0 aromatic heterocycles. The monoisotopic (exact) mass is 292 g/mol. The maximum atomic E-state index is 5.91. The summed E-state index contributed by atoms with van der Waals surface area (Å²) in [5.74, 6) is 0.588. The Morgan fingerprint density at radius 1 is 1.23 bits per heavy atom. The third-order valence-corrected chi connectivity index (χ3v) is 4.70. The van der Waals surface area contributed by atoms with E-state index >= 15 is 0 Å². The van der Waals surface area contributed by atoms with Gasteiger partial charge in [0.25, 0.3) is 0 Å². The first-order valence-corrected chi connectivity index (χ1v) is 15.7. The molecule has 13 heavy (non-hydrogen) atoms. The molecule has 1 atom stereocenters. The molecule has 0 amide bonds. The first-order chi connectivity index (χ1) is 5.87. The van der Waals surface area contributed by atoms with E-state index in [1.165, 1.54) is 0 Å². The summed E-state index contributed by atoms with van der Waals surface area (Å²) in [5, 5.41) is 0. The van der Waals surface area contributed by atoms with Crippen molar-refractivity contribution < 1.29 is 4.74 Å². The molecule has 0 radical (unpaired) electrons. The average molecular weight is 291 g/mol. The first-order valence-electron chi connectivity index (χ1n) is 5.11. The fourth-order valence-electron chi connectivity index (χ4n) is 1.01. The molecule has 0 aromatic rings.